The molecule has 0 heterocycles. The number of nitrogens with one attached hydrogen (secondary N) is 1. The highest BCUT2D eigenvalue weighted by atomic mass is 19.1. The summed E-state index contributed by atoms with van der Waals surface area (Å²) < 4.78 is 32.0. The first-order chi connectivity index (χ1) is 9.65. The van der Waals surface area contributed by atoms with Gasteiger partial charge in [-0.1, -0.05) is 18.2 Å². The number of methoxy groups -OCH3 is 1. The highest BCUT2D eigenvalue weighted by Gasteiger charge is 2.14. The molecule has 3 nitrogen and oxygen atoms in total. The van der Waals surface area contributed by atoms with Crippen LogP contribution in [0.1, 0.15) is 11.6 Å². The van der Waals surface area contributed by atoms with Gasteiger partial charge >= 0.3 is 0 Å². The van der Waals surface area contributed by atoms with E-state index in [1.807, 2.05) is 0 Å². The zero-order valence-electron chi connectivity index (χ0n) is 11.1. The Balaban J connectivity index is 2.25. The van der Waals surface area contributed by atoms with Gasteiger partial charge in [0.25, 0.3) is 0 Å². The van der Waals surface area contributed by atoms with E-state index >= 15 is 0 Å². The zero-order valence-corrected chi connectivity index (χ0v) is 11.1. The average molecular weight is 278 g/mol. The summed E-state index contributed by atoms with van der Waals surface area (Å²) in [5, 5.41) is 3.08. The van der Waals surface area contributed by atoms with E-state index in [4.69, 9.17) is 10.5 Å². The first-order valence-electron chi connectivity index (χ1n) is 6.20. The molecule has 0 aliphatic carbocycles. The molecule has 20 heavy (non-hydrogen) atoms. The third-order valence-corrected chi connectivity index (χ3v) is 3.01. The number of halogens is 2. The van der Waals surface area contributed by atoms with E-state index in [9.17, 15) is 8.78 Å². The molecular weight excluding hydrogens is 262 g/mol. The van der Waals surface area contributed by atoms with E-state index < -0.39 is 11.9 Å². The second kappa shape index (κ2) is 6.34. The van der Waals surface area contributed by atoms with Crippen molar-refractivity contribution in [3.63, 3.8) is 0 Å². The van der Waals surface area contributed by atoms with E-state index in [-0.39, 0.29) is 18.1 Å². The Morgan fingerprint density at radius 3 is 2.55 bits per heavy atom. The van der Waals surface area contributed by atoms with E-state index in [1.165, 1.54) is 25.3 Å². The smallest absolute Gasteiger partial charge is 0.165 e. The Hall–Kier alpha value is -2.14. The quantitative estimate of drug-likeness (QED) is 0.883. The van der Waals surface area contributed by atoms with Crippen molar-refractivity contribution < 1.29 is 13.5 Å². The minimum atomic E-state index is -0.451. The van der Waals surface area contributed by atoms with Gasteiger partial charge < -0.3 is 15.8 Å². The van der Waals surface area contributed by atoms with Crippen molar-refractivity contribution in [3.8, 4) is 5.75 Å². The van der Waals surface area contributed by atoms with E-state index in [2.05, 4.69) is 5.32 Å². The van der Waals surface area contributed by atoms with Crippen LogP contribution in [0.25, 0.3) is 0 Å². The van der Waals surface area contributed by atoms with Gasteiger partial charge in [-0.15, -0.1) is 0 Å². The normalized spacial score (nSPS) is 12.0. The van der Waals surface area contributed by atoms with Crippen LogP contribution in [-0.2, 0) is 0 Å². The molecule has 0 saturated carbocycles. The van der Waals surface area contributed by atoms with Crippen LogP contribution < -0.4 is 15.8 Å². The molecule has 0 aromatic heterocycles. The zero-order chi connectivity index (χ0) is 14.5. The highest BCUT2D eigenvalue weighted by Crippen LogP contribution is 2.25. The third-order valence-electron chi connectivity index (χ3n) is 3.01. The molecule has 5 heteroatoms. The molecule has 2 rings (SSSR count). The van der Waals surface area contributed by atoms with Crippen LogP contribution in [0.2, 0.25) is 0 Å². The lowest BCUT2D eigenvalue weighted by molar-refractivity contribution is 0.386. The first-order valence-corrected chi connectivity index (χ1v) is 6.20. The SMILES string of the molecule is COc1cc(NC(CN)c2ccccc2F)ccc1F. The van der Waals surface area contributed by atoms with Crippen molar-refractivity contribution in [3.05, 3.63) is 59.7 Å². The molecule has 106 valence electrons. The Morgan fingerprint density at radius 1 is 1.15 bits per heavy atom. The molecule has 1 unspecified atom stereocenters. The lowest BCUT2D eigenvalue weighted by Crippen LogP contribution is -2.21. The molecule has 0 saturated heterocycles. The molecule has 0 spiro atoms. The van der Waals surface area contributed by atoms with Crippen molar-refractivity contribution in [2.24, 2.45) is 5.73 Å². The lowest BCUT2D eigenvalue weighted by atomic mass is 10.1. The van der Waals surface area contributed by atoms with Crippen LogP contribution in [0, 0.1) is 11.6 Å². The van der Waals surface area contributed by atoms with Crippen LogP contribution >= 0.6 is 0 Å². The highest BCUT2D eigenvalue weighted by molar-refractivity contribution is 5.50. The summed E-state index contributed by atoms with van der Waals surface area (Å²) in [7, 11) is 1.39. The number of hydrogen-bond donors (Lipinski definition) is 2. The second-order valence-corrected chi connectivity index (χ2v) is 4.30. The van der Waals surface area contributed by atoms with Gasteiger partial charge in [0.2, 0.25) is 0 Å². The summed E-state index contributed by atoms with van der Waals surface area (Å²) in [5.41, 5.74) is 6.77. The number of ether oxygens (including phenoxy) is 1. The van der Waals surface area contributed by atoms with Gasteiger partial charge in [0, 0.05) is 23.9 Å². The predicted molar refractivity (Wildman–Crippen MR) is 74.8 cm³/mol. The van der Waals surface area contributed by atoms with Gasteiger partial charge in [0.15, 0.2) is 11.6 Å². The van der Waals surface area contributed by atoms with Crippen molar-refractivity contribution in [2.45, 2.75) is 6.04 Å². The summed E-state index contributed by atoms with van der Waals surface area (Å²) in [4.78, 5) is 0. The first kappa shape index (κ1) is 14.3. The third kappa shape index (κ3) is 3.05. The minimum absolute atomic E-state index is 0.124. The van der Waals surface area contributed by atoms with Crippen molar-refractivity contribution in [1.82, 2.24) is 0 Å². The van der Waals surface area contributed by atoms with E-state index in [0.717, 1.165) is 0 Å². The van der Waals surface area contributed by atoms with Crippen molar-refractivity contribution in [1.29, 1.82) is 0 Å². The molecule has 2 aromatic carbocycles. The maximum absolute atomic E-state index is 13.8. The number of anilines is 1. The molecule has 3 N–H and O–H groups in total. The van der Waals surface area contributed by atoms with E-state index in [0.29, 0.717) is 11.3 Å². The molecule has 1 atom stereocenters. The molecule has 0 radical (unpaired) electrons. The molecule has 0 aliphatic heterocycles. The molecule has 0 amide bonds. The van der Waals surface area contributed by atoms with Crippen LogP contribution in [0.5, 0.6) is 5.75 Å². The lowest BCUT2D eigenvalue weighted by Gasteiger charge is -2.19. The fourth-order valence-electron chi connectivity index (χ4n) is 1.97. The van der Waals surface area contributed by atoms with Crippen molar-refractivity contribution in [2.75, 3.05) is 19.0 Å². The summed E-state index contributed by atoms with van der Waals surface area (Å²) in [5.74, 6) is -0.655. The van der Waals surface area contributed by atoms with Gasteiger partial charge in [-0.3, -0.25) is 0 Å². The largest absolute Gasteiger partial charge is 0.494 e. The average Bonchev–Trinajstić information content (AvgIpc) is 2.47. The number of benzene rings is 2. The number of hydrogen-bond acceptors (Lipinski definition) is 3. The molecule has 0 fully saturated rings. The van der Waals surface area contributed by atoms with Gasteiger partial charge in [-0.2, -0.15) is 0 Å². The Morgan fingerprint density at radius 2 is 1.90 bits per heavy atom. The molecular formula is C15H16F2N2O. The summed E-state index contributed by atoms with van der Waals surface area (Å²) in [6, 6.07) is 10.4. The minimum Gasteiger partial charge on any atom is -0.494 e. The molecule has 0 bridgehead atoms. The molecule has 0 aliphatic rings. The fourth-order valence-corrected chi connectivity index (χ4v) is 1.97. The maximum atomic E-state index is 13.8. The summed E-state index contributed by atoms with van der Waals surface area (Å²) in [6.45, 7) is 0.209. The van der Waals surface area contributed by atoms with Gasteiger partial charge in [-0.25, -0.2) is 8.78 Å². The maximum Gasteiger partial charge on any atom is 0.165 e. The predicted octanol–water partition coefficient (Wildman–Crippen LogP) is 3.09. The van der Waals surface area contributed by atoms with Crippen LogP contribution in [-0.4, -0.2) is 13.7 Å². The Labute approximate surface area is 116 Å². The van der Waals surface area contributed by atoms with E-state index in [1.54, 1.807) is 24.3 Å². The summed E-state index contributed by atoms with van der Waals surface area (Å²) in [6.07, 6.45) is 0. The monoisotopic (exact) mass is 278 g/mol. The Bertz CT molecular complexity index is 590. The van der Waals surface area contributed by atoms with Gasteiger partial charge in [0.05, 0.1) is 13.2 Å². The van der Waals surface area contributed by atoms with Gasteiger partial charge in [0.1, 0.15) is 5.82 Å². The number of nitrogens with two attached hydrogens (primary N) is 1. The van der Waals surface area contributed by atoms with Crippen LogP contribution in [0.15, 0.2) is 42.5 Å². The van der Waals surface area contributed by atoms with Crippen LogP contribution in [0.4, 0.5) is 14.5 Å². The van der Waals surface area contributed by atoms with Crippen molar-refractivity contribution >= 4 is 5.69 Å². The van der Waals surface area contributed by atoms with Gasteiger partial charge in [-0.05, 0) is 18.2 Å². The summed E-state index contributed by atoms with van der Waals surface area (Å²) >= 11 is 0. The Kier molecular flexibility index (Phi) is 4.53. The fraction of sp³-hybridized carbons (Fsp3) is 0.200. The van der Waals surface area contributed by atoms with Crippen LogP contribution in [0.3, 0.4) is 0 Å². The molecule has 2 aromatic rings. The topological polar surface area (TPSA) is 47.3 Å². The second-order valence-electron chi connectivity index (χ2n) is 4.30. The number of rotatable bonds is 5. The standard InChI is InChI=1S/C15H16F2N2O/c1-20-15-8-10(6-7-13(15)17)19-14(9-18)11-4-2-3-5-12(11)16/h2-8,14,19H,9,18H2,1H3.